The molecule has 1 N–H and O–H groups in total. The number of hydrogen-bond donors (Lipinski definition) is 1. The minimum atomic E-state index is -0.403. The zero-order chi connectivity index (χ0) is 17.1. The first-order valence-electron chi connectivity index (χ1n) is 7.77. The molecular formula is C18H18FN3O2. The lowest BCUT2D eigenvalue weighted by atomic mass is 10.1. The Bertz CT molecular complexity index is 761. The Kier molecular flexibility index (Phi) is 4.55. The van der Waals surface area contributed by atoms with Crippen molar-refractivity contribution >= 4 is 17.6 Å². The van der Waals surface area contributed by atoms with Gasteiger partial charge in [-0.2, -0.15) is 0 Å². The molecule has 0 radical (unpaired) electrons. The molecule has 0 aliphatic carbocycles. The van der Waals surface area contributed by atoms with Gasteiger partial charge in [0, 0.05) is 25.7 Å². The molecule has 1 aromatic carbocycles. The third kappa shape index (κ3) is 3.59. The number of aromatic nitrogens is 1. The molecule has 1 aromatic heterocycles. The Labute approximate surface area is 139 Å². The Morgan fingerprint density at radius 3 is 2.79 bits per heavy atom. The van der Waals surface area contributed by atoms with Crippen molar-refractivity contribution in [3.05, 3.63) is 59.5 Å². The molecule has 5 nitrogen and oxygen atoms in total. The second-order valence-electron chi connectivity index (χ2n) is 5.96. The number of anilines is 1. The molecule has 1 saturated heterocycles. The molecule has 2 heterocycles. The lowest BCUT2D eigenvalue weighted by Gasteiger charge is -2.16. The van der Waals surface area contributed by atoms with Crippen molar-refractivity contribution in [3.8, 4) is 0 Å². The highest BCUT2D eigenvalue weighted by Crippen LogP contribution is 2.22. The van der Waals surface area contributed by atoms with E-state index in [1.807, 2.05) is 13.0 Å². The number of likely N-dealkylation sites (tertiary alicyclic amines) is 1. The van der Waals surface area contributed by atoms with Gasteiger partial charge >= 0.3 is 0 Å². The summed E-state index contributed by atoms with van der Waals surface area (Å²) in [5, 5.41) is 2.79. The molecule has 3 rings (SSSR count). The van der Waals surface area contributed by atoms with Gasteiger partial charge in [-0.3, -0.25) is 9.59 Å². The van der Waals surface area contributed by atoms with Crippen LogP contribution in [0.1, 0.15) is 17.5 Å². The molecule has 1 atom stereocenters. The lowest BCUT2D eigenvalue weighted by Crippen LogP contribution is -2.28. The van der Waals surface area contributed by atoms with Crippen LogP contribution in [0.5, 0.6) is 0 Å². The van der Waals surface area contributed by atoms with E-state index in [2.05, 4.69) is 10.3 Å². The first-order valence-corrected chi connectivity index (χ1v) is 7.77. The van der Waals surface area contributed by atoms with Crippen molar-refractivity contribution in [1.82, 2.24) is 9.88 Å². The molecule has 0 unspecified atom stereocenters. The van der Waals surface area contributed by atoms with Gasteiger partial charge in [-0.1, -0.05) is 18.2 Å². The van der Waals surface area contributed by atoms with Crippen molar-refractivity contribution in [2.75, 3.05) is 11.9 Å². The minimum absolute atomic E-state index is 0.0720. The van der Waals surface area contributed by atoms with Crippen LogP contribution in [0, 0.1) is 18.7 Å². The number of amides is 2. The topological polar surface area (TPSA) is 62.3 Å². The summed E-state index contributed by atoms with van der Waals surface area (Å²) in [6.07, 6.45) is 1.79. The quantitative estimate of drug-likeness (QED) is 0.938. The van der Waals surface area contributed by atoms with Crippen molar-refractivity contribution < 1.29 is 14.0 Å². The molecule has 0 spiro atoms. The summed E-state index contributed by atoms with van der Waals surface area (Å²) in [6, 6.07) is 9.69. The summed E-state index contributed by atoms with van der Waals surface area (Å²) in [6.45, 7) is 2.60. The second-order valence-corrected chi connectivity index (χ2v) is 5.96. The Morgan fingerprint density at radius 1 is 1.33 bits per heavy atom. The minimum Gasteiger partial charge on any atom is -0.338 e. The Balaban J connectivity index is 1.62. The highest BCUT2D eigenvalue weighted by atomic mass is 19.1. The van der Waals surface area contributed by atoms with Crippen LogP contribution >= 0.6 is 0 Å². The van der Waals surface area contributed by atoms with E-state index in [1.165, 1.54) is 12.1 Å². The van der Waals surface area contributed by atoms with Crippen LogP contribution in [0.4, 0.5) is 10.2 Å². The summed E-state index contributed by atoms with van der Waals surface area (Å²) in [5.41, 5.74) is 1.71. The first-order chi connectivity index (χ1) is 11.5. The number of carbonyl (C=O) groups is 2. The van der Waals surface area contributed by atoms with Gasteiger partial charge in [-0.25, -0.2) is 9.37 Å². The number of benzene rings is 1. The molecule has 2 amide bonds. The largest absolute Gasteiger partial charge is 0.338 e. The summed E-state index contributed by atoms with van der Waals surface area (Å²) in [4.78, 5) is 30.3. The predicted molar refractivity (Wildman–Crippen MR) is 87.5 cm³/mol. The average Bonchev–Trinajstić information content (AvgIpc) is 2.93. The normalized spacial score (nSPS) is 17.2. The first kappa shape index (κ1) is 16.1. The summed E-state index contributed by atoms with van der Waals surface area (Å²) in [7, 11) is 0. The monoisotopic (exact) mass is 327 g/mol. The van der Waals surface area contributed by atoms with Crippen molar-refractivity contribution in [2.24, 2.45) is 5.92 Å². The van der Waals surface area contributed by atoms with Gasteiger partial charge in [0.15, 0.2) is 0 Å². The van der Waals surface area contributed by atoms with Crippen molar-refractivity contribution in [2.45, 2.75) is 19.9 Å². The van der Waals surface area contributed by atoms with Crippen LogP contribution in [0.15, 0.2) is 42.6 Å². The summed E-state index contributed by atoms with van der Waals surface area (Å²) in [5.74, 6) is -0.468. The molecule has 6 heteroatoms. The predicted octanol–water partition coefficient (Wildman–Crippen LogP) is 2.52. The number of halogens is 1. The zero-order valence-electron chi connectivity index (χ0n) is 13.3. The fourth-order valence-corrected chi connectivity index (χ4v) is 2.75. The van der Waals surface area contributed by atoms with Gasteiger partial charge in [0.1, 0.15) is 11.6 Å². The van der Waals surface area contributed by atoms with E-state index in [4.69, 9.17) is 0 Å². The number of hydrogen-bond acceptors (Lipinski definition) is 3. The van der Waals surface area contributed by atoms with Gasteiger partial charge in [0.25, 0.3) is 0 Å². The number of aryl methyl sites for hydroxylation is 1. The van der Waals surface area contributed by atoms with Crippen LogP contribution in [-0.2, 0) is 16.1 Å². The zero-order valence-corrected chi connectivity index (χ0v) is 13.3. The molecule has 1 fully saturated rings. The van der Waals surface area contributed by atoms with E-state index in [0.717, 1.165) is 11.1 Å². The average molecular weight is 327 g/mol. The van der Waals surface area contributed by atoms with Gasteiger partial charge in [0.05, 0.1) is 5.92 Å². The van der Waals surface area contributed by atoms with E-state index >= 15 is 0 Å². The van der Waals surface area contributed by atoms with Gasteiger partial charge in [-0.05, 0) is 36.2 Å². The van der Waals surface area contributed by atoms with Crippen molar-refractivity contribution in [1.29, 1.82) is 0 Å². The molecule has 2 aromatic rings. The van der Waals surface area contributed by atoms with Gasteiger partial charge in [0.2, 0.25) is 11.8 Å². The fourth-order valence-electron chi connectivity index (χ4n) is 2.75. The fraction of sp³-hybridized carbons (Fsp3) is 0.278. The third-order valence-electron chi connectivity index (χ3n) is 4.12. The Hall–Kier alpha value is -2.76. The van der Waals surface area contributed by atoms with Gasteiger partial charge < -0.3 is 10.2 Å². The molecule has 1 aliphatic heterocycles. The van der Waals surface area contributed by atoms with E-state index in [-0.39, 0.29) is 24.1 Å². The maximum Gasteiger partial charge on any atom is 0.230 e. The summed E-state index contributed by atoms with van der Waals surface area (Å²) < 4.78 is 12.9. The van der Waals surface area contributed by atoms with E-state index < -0.39 is 5.92 Å². The van der Waals surface area contributed by atoms with E-state index in [1.54, 1.807) is 29.3 Å². The van der Waals surface area contributed by atoms with Crippen LogP contribution in [-0.4, -0.2) is 28.2 Å². The smallest absolute Gasteiger partial charge is 0.230 e. The SMILES string of the molecule is Cc1cccnc1NC(=O)[C@H]1CC(=O)N(Cc2ccc(F)cc2)C1. The lowest BCUT2D eigenvalue weighted by molar-refractivity contribution is -0.128. The van der Waals surface area contributed by atoms with E-state index in [9.17, 15) is 14.0 Å². The number of nitrogens with zero attached hydrogens (tertiary/aromatic N) is 2. The molecular weight excluding hydrogens is 309 g/mol. The molecule has 1 aliphatic rings. The van der Waals surface area contributed by atoms with Crippen LogP contribution in [0.25, 0.3) is 0 Å². The maximum absolute atomic E-state index is 12.9. The standard InChI is InChI=1S/C18H18FN3O2/c1-12-3-2-8-20-17(12)21-18(24)14-9-16(23)22(11-14)10-13-4-6-15(19)7-5-13/h2-8,14H,9-11H2,1H3,(H,20,21,24)/t14-/m0/s1. The highest BCUT2D eigenvalue weighted by molar-refractivity contribution is 5.97. The number of rotatable bonds is 4. The molecule has 24 heavy (non-hydrogen) atoms. The number of carbonyl (C=O) groups excluding carboxylic acids is 2. The van der Waals surface area contributed by atoms with Crippen LogP contribution < -0.4 is 5.32 Å². The molecule has 0 bridgehead atoms. The Morgan fingerprint density at radius 2 is 2.08 bits per heavy atom. The van der Waals surface area contributed by atoms with Gasteiger partial charge in [-0.15, -0.1) is 0 Å². The highest BCUT2D eigenvalue weighted by Gasteiger charge is 2.34. The van der Waals surface area contributed by atoms with Crippen molar-refractivity contribution in [3.63, 3.8) is 0 Å². The molecule has 124 valence electrons. The number of nitrogens with one attached hydrogen (secondary N) is 1. The number of pyridine rings is 1. The van der Waals surface area contributed by atoms with Crippen LogP contribution in [0.2, 0.25) is 0 Å². The second kappa shape index (κ2) is 6.78. The van der Waals surface area contributed by atoms with Crippen LogP contribution in [0.3, 0.4) is 0 Å². The third-order valence-corrected chi connectivity index (χ3v) is 4.12. The summed E-state index contributed by atoms with van der Waals surface area (Å²) >= 11 is 0. The van der Waals surface area contributed by atoms with E-state index in [0.29, 0.717) is 18.9 Å². The maximum atomic E-state index is 12.9. The molecule has 0 saturated carbocycles.